The van der Waals surface area contributed by atoms with Crippen molar-refractivity contribution < 1.29 is 15.3 Å². The molecule has 2 aliphatic rings. The van der Waals surface area contributed by atoms with Crippen LogP contribution in [0.15, 0.2) is 0 Å². The molecule has 0 bridgehead atoms. The van der Waals surface area contributed by atoms with Crippen molar-refractivity contribution >= 4 is 0 Å². The largest absolute Gasteiger partial charge is 0.396 e. The first-order valence-corrected chi connectivity index (χ1v) is 7.17. The van der Waals surface area contributed by atoms with Crippen LogP contribution in [-0.4, -0.2) is 43.9 Å². The van der Waals surface area contributed by atoms with Crippen LogP contribution in [0.1, 0.15) is 38.5 Å². The smallest absolute Gasteiger partial charge is 0.139 e. The quantitative estimate of drug-likeness (QED) is 0.555. The summed E-state index contributed by atoms with van der Waals surface area (Å²) >= 11 is 0. The van der Waals surface area contributed by atoms with Crippen molar-refractivity contribution in [3.63, 3.8) is 0 Å². The van der Waals surface area contributed by atoms with Gasteiger partial charge in [0, 0.05) is 18.9 Å². The molecule has 94 valence electrons. The van der Waals surface area contributed by atoms with E-state index >= 15 is 0 Å². The average Bonchev–Trinajstić information content (AvgIpc) is 2.33. The molecule has 0 aromatic heterocycles. The van der Waals surface area contributed by atoms with Gasteiger partial charge in [-0.3, -0.25) is 0 Å². The van der Waals surface area contributed by atoms with Crippen molar-refractivity contribution in [2.24, 2.45) is 5.92 Å². The molecule has 0 aromatic carbocycles. The van der Waals surface area contributed by atoms with Crippen LogP contribution in [0.5, 0.6) is 0 Å². The normalized spacial score (nSPS) is 32.8. The predicted octanol–water partition coefficient (Wildman–Crippen LogP) is -1.22. The molecule has 2 rings (SSSR count). The summed E-state index contributed by atoms with van der Waals surface area (Å²) in [6.07, 6.45) is 8.28. The van der Waals surface area contributed by atoms with E-state index in [0.29, 0.717) is 12.6 Å². The molecule has 0 aromatic rings. The zero-order valence-corrected chi connectivity index (χ0v) is 10.5. The maximum Gasteiger partial charge on any atom is 0.139 e. The van der Waals surface area contributed by atoms with Gasteiger partial charge in [-0.25, -0.2) is 0 Å². The molecule has 1 heterocycles. The van der Waals surface area contributed by atoms with Crippen LogP contribution >= 0.6 is 0 Å². The van der Waals surface area contributed by atoms with Gasteiger partial charge in [0.25, 0.3) is 0 Å². The Balaban J connectivity index is 1.80. The molecule has 2 atom stereocenters. The van der Waals surface area contributed by atoms with Crippen molar-refractivity contribution in [1.82, 2.24) is 0 Å². The number of aliphatic hydroxyl groups is 1. The number of rotatable bonds is 4. The third-order valence-corrected chi connectivity index (χ3v) is 4.45. The number of quaternary nitrogens is 2. The van der Waals surface area contributed by atoms with E-state index in [0.717, 1.165) is 12.3 Å². The lowest BCUT2D eigenvalue weighted by molar-refractivity contribution is -0.974. The molecule has 3 heteroatoms. The second kappa shape index (κ2) is 6.58. The van der Waals surface area contributed by atoms with E-state index in [-0.39, 0.29) is 0 Å². The van der Waals surface area contributed by atoms with Gasteiger partial charge in [0.1, 0.15) is 25.7 Å². The van der Waals surface area contributed by atoms with E-state index in [4.69, 9.17) is 5.11 Å². The zero-order valence-electron chi connectivity index (χ0n) is 10.5. The highest BCUT2D eigenvalue weighted by molar-refractivity contribution is 4.66. The van der Waals surface area contributed by atoms with Crippen molar-refractivity contribution in [3.05, 3.63) is 0 Å². The van der Waals surface area contributed by atoms with Crippen LogP contribution in [0, 0.1) is 5.92 Å². The highest BCUT2D eigenvalue weighted by Gasteiger charge is 2.30. The number of hydrogen-bond acceptors (Lipinski definition) is 1. The second-order valence-corrected chi connectivity index (χ2v) is 5.64. The van der Waals surface area contributed by atoms with E-state index in [1.54, 1.807) is 4.90 Å². The highest BCUT2D eigenvalue weighted by Crippen LogP contribution is 2.22. The Labute approximate surface area is 99.2 Å². The van der Waals surface area contributed by atoms with Crippen LogP contribution in [-0.2, 0) is 0 Å². The summed E-state index contributed by atoms with van der Waals surface area (Å²) in [5, 5.41) is 11.5. The lowest BCUT2D eigenvalue weighted by atomic mass is 9.88. The molecule has 1 aliphatic carbocycles. The third kappa shape index (κ3) is 3.44. The van der Waals surface area contributed by atoms with Gasteiger partial charge < -0.3 is 15.3 Å². The van der Waals surface area contributed by atoms with Gasteiger partial charge in [-0.2, -0.15) is 0 Å². The minimum atomic E-state index is 0.368. The SMILES string of the molecule is OCC[C@@H]1C[NH2+]CC[NH+]1CC1CCCCC1. The van der Waals surface area contributed by atoms with Crippen molar-refractivity contribution in [3.8, 4) is 0 Å². The molecule has 1 saturated heterocycles. The van der Waals surface area contributed by atoms with Crippen molar-refractivity contribution in [2.75, 3.05) is 32.8 Å². The van der Waals surface area contributed by atoms with Gasteiger partial charge in [0.2, 0.25) is 0 Å². The predicted molar refractivity (Wildman–Crippen MR) is 64.4 cm³/mol. The fourth-order valence-electron chi connectivity index (χ4n) is 3.49. The first-order chi connectivity index (χ1) is 7.90. The molecule has 1 unspecified atom stereocenters. The summed E-state index contributed by atoms with van der Waals surface area (Å²) in [4.78, 5) is 1.78. The van der Waals surface area contributed by atoms with E-state index in [2.05, 4.69) is 5.32 Å². The average molecular weight is 228 g/mol. The Morgan fingerprint density at radius 3 is 2.75 bits per heavy atom. The number of nitrogens with two attached hydrogens (primary N) is 1. The molecular formula is C13H28N2O+2. The Hall–Kier alpha value is -0.120. The van der Waals surface area contributed by atoms with E-state index in [1.165, 1.54) is 58.3 Å². The molecule has 3 nitrogen and oxygen atoms in total. The molecule has 2 fully saturated rings. The van der Waals surface area contributed by atoms with Crippen LogP contribution in [0.4, 0.5) is 0 Å². The monoisotopic (exact) mass is 228 g/mol. The number of piperazine rings is 1. The Morgan fingerprint density at radius 2 is 2.00 bits per heavy atom. The molecule has 1 aliphatic heterocycles. The maximum absolute atomic E-state index is 9.11. The number of aliphatic hydroxyl groups excluding tert-OH is 1. The standard InChI is InChI=1S/C13H26N2O/c16-9-6-13-10-14-7-8-15(13)11-12-4-2-1-3-5-12/h12-14,16H,1-11H2/p+2/t13-/m1/s1. The van der Waals surface area contributed by atoms with Crippen LogP contribution < -0.4 is 10.2 Å². The van der Waals surface area contributed by atoms with Crippen LogP contribution in [0.2, 0.25) is 0 Å². The minimum absolute atomic E-state index is 0.368. The summed E-state index contributed by atoms with van der Waals surface area (Å²) in [6, 6.07) is 0.709. The van der Waals surface area contributed by atoms with Crippen LogP contribution in [0.25, 0.3) is 0 Å². The number of hydrogen-bond donors (Lipinski definition) is 3. The Kier molecular flexibility index (Phi) is 5.07. The van der Waals surface area contributed by atoms with Gasteiger partial charge in [-0.15, -0.1) is 0 Å². The second-order valence-electron chi connectivity index (χ2n) is 5.64. The molecule has 4 N–H and O–H groups in total. The molecule has 0 amide bonds. The van der Waals surface area contributed by atoms with Gasteiger partial charge in [0.15, 0.2) is 0 Å². The fraction of sp³-hybridized carbons (Fsp3) is 1.00. The maximum atomic E-state index is 9.11. The van der Waals surface area contributed by atoms with Crippen molar-refractivity contribution in [1.29, 1.82) is 0 Å². The van der Waals surface area contributed by atoms with E-state index in [1.807, 2.05) is 0 Å². The molecule has 0 spiro atoms. The minimum Gasteiger partial charge on any atom is -0.396 e. The first kappa shape index (κ1) is 12.3. The van der Waals surface area contributed by atoms with Crippen molar-refractivity contribution in [2.45, 2.75) is 44.6 Å². The first-order valence-electron chi connectivity index (χ1n) is 7.17. The lowest BCUT2D eigenvalue weighted by Gasteiger charge is -2.34. The van der Waals surface area contributed by atoms with Crippen LogP contribution in [0.3, 0.4) is 0 Å². The fourth-order valence-corrected chi connectivity index (χ4v) is 3.49. The summed E-state index contributed by atoms with van der Waals surface area (Å²) < 4.78 is 0. The topological polar surface area (TPSA) is 41.3 Å². The van der Waals surface area contributed by atoms with Gasteiger partial charge in [-0.05, 0) is 12.8 Å². The lowest BCUT2D eigenvalue weighted by Crippen LogP contribution is -3.24. The molecular weight excluding hydrogens is 200 g/mol. The van der Waals surface area contributed by atoms with Gasteiger partial charge >= 0.3 is 0 Å². The van der Waals surface area contributed by atoms with E-state index in [9.17, 15) is 0 Å². The Morgan fingerprint density at radius 1 is 1.19 bits per heavy atom. The zero-order chi connectivity index (χ0) is 11.2. The summed E-state index contributed by atoms with van der Waals surface area (Å²) in [5.74, 6) is 0.975. The summed E-state index contributed by atoms with van der Waals surface area (Å²) in [7, 11) is 0. The highest BCUT2D eigenvalue weighted by atomic mass is 16.3. The van der Waals surface area contributed by atoms with Gasteiger partial charge in [0.05, 0.1) is 6.54 Å². The molecule has 16 heavy (non-hydrogen) atoms. The third-order valence-electron chi connectivity index (χ3n) is 4.45. The van der Waals surface area contributed by atoms with E-state index < -0.39 is 0 Å². The molecule has 1 saturated carbocycles. The molecule has 0 radical (unpaired) electrons. The summed E-state index contributed by atoms with van der Waals surface area (Å²) in [5.41, 5.74) is 0. The number of nitrogens with one attached hydrogen (secondary N) is 1. The van der Waals surface area contributed by atoms with Gasteiger partial charge in [-0.1, -0.05) is 19.3 Å². The summed E-state index contributed by atoms with van der Waals surface area (Å²) in [6.45, 7) is 5.55. The Bertz CT molecular complexity index is 190.